The van der Waals surface area contributed by atoms with E-state index in [1.54, 1.807) is 13.8 Å². The SMILES string of the molecule is CCC1(C)NC(=O)CN(c2ccc(F)cc2F)C1=O. The van der Waals surface area contributed by atoms with Crippen LogP contribution in [-0.2, 0) is 9.59 Å². The van der Waals surface area contributed by atoms with Crippen molar-refractivity contribution in [3.63, 3.8) is 0 Å². The van der Waals surface area contributed by atoms with Crippen LogP contribution < -0.4 is 10.2 Å². The van der Waals surface area contributed by atoms with Gasteiger partial charge in [0, 0.05) is 6.07 Å². The number of rotatable bonds is 2. The third kappa shape index (κ3) is 2.30. The molecular weight excluding hydrogens is 254 g/mol. The topological polar surface area (TPSA) is 49.4 Å². The van der Waals surface area contributed by atoms with Gasteiger partial charge in [0.2, 0.25) is 5.91 Å². The van der Waals surface area contributed by atoms with Crippen molar-refractivity contribution in [3.05, 3.63) is 29.8 Å². The summed E-state index contributed by atoms with van der Waals surface area (Å²) >= 11 is 0. The summed E-state index contributed by atoms with van der Waals surface area (Å²) in [5, 5.41) is 2.60. The van der Waals surface area contributed by atoms with Gasteiger partial charge in [-0.15, -0.1) is 0 Å². The second-order valence-electron chi connectivity index (χ2n) is 4.72. The number of piperazine rings is 1. The Hall–Kier alpha value is -1.98. The van der Waals surface area contributed by atoms with Crippen LogP contribution in [0.3, 0.4) is 0 Å². The van der Waals surface area contributed by atoms with Crippen LogP contribution in [0.4, 0.5) is 14.5 Å². The van der Waals surface area contributed by atoms with Gasteiger partial charge in [-0.05, 0) is 25.5 Å². The number of hydrogen-bond donors (Lipinski definition) is 1. The summed E-state index contributed by atoms with van der Waals surface area (Å²) in [5.41, 5.74) is -1.14. The average molecular weight is 268 g/mol. The van der Waals surface area contributed by atoms with E-state index >= 15 is 0 Å². The summed E-state index contributed by atoms with van der Waals surface area (Å²) in [6, 6.07) is 2.91. The van der Waals surface area contributed by atoms with Crippen molar-refractivity contribution in [1.82, 2.24) is 5.32 Å². The maximum atomic E-state index is 13.7. The second-order valence-corrected chi connectivity index (χ2v) is 4.72. The molecule has 4 nitrogen and oxygen atoms in total. The van der Waals surface area contributed by atoms with Crippen molar-refractivity contribution in [3.8, 4) is 0 Å². The van der Waals surface area contributed by atoms with Gasteiger partial charge in [-0.2, -0.15) is 0 Å². The van der Waals surface area contributed by atoms with Gasteiger partial charge in [0.1, 0.15) is 23.7 Å². The summed E-state index contributed by atoms with van der Waals surface area (Å²) in [6.45, 7) is 3.07. The van der Waals surface area contributed by atoms with Crippen LogP contribution >= 0.6 is 0 Å². The number of hydrogen-bond acceptors (Lipinski definition) is 2. The lowest BCUT2D eigenvalue weighted by molar-refractivity contribution is -0.135. The molecule has 1 aromatic carbocycles. The lowest BCUT2D eigenvalue weighted by atomic mass is 9.94. The van der Waals surface area contributed by atoms with Gasteiger partial charge >= 0.3 is 0 Å². The summed E-state index contributed by atoms with van der Waals surface area (Å²) in [7, 11) is 0. The van der Waals surface area contributed by atoms with Crippen molar-refractivity contribution in [2.75, 3.05) is 11.4 Å². The Morgan fingerprint density at radius 1 is 1.37 bits per heavy atom. The summed E-state index contributed by atoms with van der Waals surface area (Å²) in [5.74, 6) is -2.36. The van der Waals surface area contributed by atoms with Crippen LogP contribution in [0.25, 0.3) is 0 Å². The number of nitrogens with zero attached hydrogens (tertiary/aromatic N) is 1. The minimum absolute atomic E-state index is 0.0825. The number of anilines is 1. The van der Waals surface area contributed by atoms with E-state index in [1.165, 1.54) is 0 Å². The molecule has 1 aromatic rings. The smallest absolute Gasteiger partial charge is 0.253 e. The number of halogens is 2. The quantitative estimate of drug-likeness (QED) is 0.885. The molecular formula is C13H14F2N2O2. The molecule has 19 heavy (non-hydrogen) atoms. The zero-order chi connectivity index (χ0) is 14.2. The highest BCUT2D eigenvalue weighted by Gasteiger charge is 2.42. The standard InChI is InChI=1S/C13H14F2N2O2/c1-3-13(2)12(19)17(7-11(18)16-13)10-5-4-8(14)6-9(10)15/h4-6H,3,7H2,1-2H3,(H,16,18). The van der Waals surface area contributed by atoms with Gasteiger partial charge in [-0.25, -0.2) is 8.78 Å². The number of amides is 2. The monoisotopic (exact) mass is 268 g/mol. The molecule has 1 saturated heterocycles. The predicted octanol–water partition coefficient (Wildman–Crippen LogP) is 1.60. The molecule has 1 aliphatic heterocycles. The first-order valence-electron chi connectivity index (χ1n) is 5.95. The highest BCUT2D eigenvalue weighted by molar-refractivity contribution is 6.08. The van der Waals surface area contributed by atoms with E-state index in [0.29, 0.717) is 12.5 Å². The van der Waals surface area contributed by atoms with Crippen LogP contribution in [0.1, 0.15) is 20.3 Å². The molecule has 1 N–H and O–H groups in total. The summed E-state index contributed by atoms with van der Waals surface area (Å²) < 4.78 is 26.6. The maximum Gasteiger partial charge on any atom is 0.253 e. The van der Waals surface area contributed by atoms with Gasteiger partial charge in [-0.1, -0.05) is 6.92 Å². The van der Waals surface area contributed by atoms with E-state index < -0.39 is 23.1 Å². The minimum atomic E-state index is -1.06. The first-order chi connectivity index (χ1) is 8.87. The van der Waals surface area contributed by atoms with Gasteiger partial charge in [0.05, 0.1) is 5.69 Å². The normalized spacial score (nSPS) is 23.5. The molecule has 0 aliphatic carbocycles. The van der Waals surface area contributed by atoms with Gasteiger partial charge in [0.15, 0.2) is 0 Å². The van der Waals surface area contributed by atoms with Crippen molar-refractivity contribution in [1.29, 1.82) is 0 Å². The Morgan fingerprint density at radius 3 is 2.63 bits per heavy atom. The zero-order valence-electron chi connectivity index (χ0n) is 10.7. The molecule has 0 bridgehead atoms. The Morgan fingerprint density at radius 2 is 2.05 bits per heavy atom. The second kappa shape index (κ2) is 4.60. The molecule has 102 valence electrons. The molecule has 0 radical (unpaired) electrons. The van der Waals surface area contributed by atoms with Crippen molar-refractivity contribution < 1.29 is 18.4 Å². The molecule has 1 atom stereocenters. The van der Waals surface area contributed by atoms with E-state index in [4.69, 9.17) is 0 Å². The zero-order valence-corrected chi connectivity index (χ0v) is 10.7. The Kier molecular flexibility index (Phi) is 3.26. The van der Waals surface area contributed by atoms with Crippen LogP contribution in [0.15, 0.2) is 18.2 Å². The van der Waals surface area contributed by atoms with E-state index in [2.05, 4.69) is 5.32 Å². The number of benzene rings is 1. The van der Waals surface area contributed by atoms with Crippen molar-refractivity contribution in [2.45, 2.75) is 25.8 Å². The van der Waals surface area contributed by atoms with Crippen molar-refractivity contribution in [2.24, 2.45) is 0 Å². The van der Waals surface area contributed by atoms with Crippen LogP contribution in [0.5, 0.6) is 0 Å². The Bertz CT molecular complexity index is 547. The molecule has 1 aliphatic rings. The molecule has 2 rings (SSSR count). The fourth-order valence-electron chi connectivity index (χ4n) is 2.05. The molecule has 1 heterocycles. The van der Waals surface area contributed by atoms with Crippen LogP contribution in [-0.4, -0.2) is 23.9 Å². The fraction of sp³-hybridized carbons (Fsp3) is 0.385. The van der Waals surface area contributed by atoms with Crippen LogP contribution in [0.2, 0.25) is 0 Å². The maximum absolute atomic E-state index is 13.7. The number of carbonyl (C=O) groups is 2. The predicted molar refractivity (Wildman–Crippen MR) is 65.5 cm³/mol. The largest absolute Gasteiger partial charge is 0.340 e. The van der Waals surface area contributed by atoms with E-state index in [1.807, 2.05) is 0 Å². The number of nitrogens with one attached hydrogen (secondary N) is 1. The third-order valence-corrected chi connectivity index (χ3v) is 3.34. The van der Waals surface area contributed by atoms with Crippen LogP contribution in [0, 0.1) is 11.6 Å². The molecule has 6 heteroatoms. The fourth-order valence-corrected chi connectivity index (χ4v) is 2.05. The number of carbonyl (C=O) groups excluding carboxylic acids is 2. The highest BCUT2D eigenvalue weighted by Crippen LogP contribution is 2.26. The Labute approximate surface area is 109 Å². The summed E-state index contributed by atoms with van der Waals surface area (Å²) in [4.78, 5) is 25.0. The Balaban J connectivity index is 2.43. The molecule has 0 aromatic heterocycles. The molecule has 0 saturated carbocycles. The van der Waals surface area contributed by atoms with Crippen molar-refractivity contribution >= 4 is 17.5 Å². The highest BCUT2D eigenvalue weighted by atomic mass is 19.1. The molecule has 1 fully saturated rings. The lowest BCUT2D eigenvalue weighted by Gasteiger charge is -2.39. The minimum Gasteiger partial charge on any atom is -0.340 e. The van der Waals surface area contributed by atoms with E-state index in [9.17, 15) is 18.4 Å². The van der Waals surface area contributed by atoms with Gasteiger partial charge < -0.3 is 5.32 Å². The first-order valence-corrected chi connectivity index (χ1v) is 5.95. The average Bonchev–Trinajstić information content (AvgIpc) is 2.34. The molecule has 1 unspecified atom stereocenters. The molecule has 2 amide bonds. The van der Waals surface area contributed by atoms with E-state index in [0.717, 1.165) is 17.0 Å². The lowest BCUT2D eigenvalue weighted by Crippen LogP contribution is -2.65. The first kappa shape index (κ1) is 13.5. The van der Waals surface area contributed by atoms with Gasteiger partial charge in [0.25, 0.3) is 5.91 Å². The third-order valence-electron chi connectivity index (χ3n) is 3.34. The molecule has 0 spiro atoms. The van der Waals surface area contributed by atoms with E-state index in [-0.39, 0.29) is 18.1 Å². The van der Waals surface area contributed by atoms with Gasteiger partial charge in [-0.3, -0.25) is 14.5 Å². The summed E-state index contributed by atoms with van der Waals surface area (Å²) in [6.07, 6.45) is 0.386.